The molecule has 4 N–H and O–H groups in total. The average Bonchev–Trinajstić information content (AvgIpc) is 2.92. The van der Waals surface area contributed by atoms with Gasteiger partial charge in [0, 0.05) is 34.7 Å². The molecule has 29 heavy (non-hydrogen) atoms. The van der Waals surface area contributed by atoms with Crippen LogP contribution in [0.2, 0.25) is 10.0 Å². The van der Waals surface area contributed by atoms with Gasteiger partial charge in [-0.15, -0.1) is 0 Å². The lowest BCUT2D eigenvalue weighted by Crippen LogP contribution is -3.00. The van der Waals surface area contributed by atoms with Crippen LogP contribution in [-0.2, 0) is 12.8 Å². The van der Waals surface area contributed by atoms with Crippen molar-refractivity contribution in [3.05, 3.63) is 68.7 Å². The van der Waals surface area contributed by atoms with Crippen molar-refractivity contribution in [1.29, 1.82) is 0 Å². The highest BCUT2D eigenvalue weighted by Gasteiger charge is 2.17. The number of rotatable bonds is 0. The molecule has 0 aromatic heterocycles. The van der Waals surface area contributed by atoms with Gasteiger partial charge in [-0.05, 0) is 46.5 Å². The van der Waals surface area contributed by atoms with E-state index in [1.54, 1.807) is 0 Å². The normalized spacial score (nSPS) is 19.9. The van der Waals surface area contributed by atoms with Crippen LogP contribution in [-0.4, -0.2) is 26.2 Å². The van der Waals surface area contributed by atoms with Gasteiger partial charge in [0.25, 0.3) is 0 Å². The molecule has 2 aliphatic rings. The monoisotopic (exact) mass is 478 g/mol. The average molecular weight is 480 g/mol. The fourth-order valence-electron chi connectivity index (χ4n) is 4.01. The minimum absolute atomic E-state index is 0. The second kappa shape index (κ2) is 13.7. The van der Waals surface area contributed by atoms with Crippen LogP contribution in [0.3, 0.4) is 0 Å². The molecule has 0 unspecified atom stereocenters. The highest BCUT2D eigenvalue weighted by atomic mass is 35.5. The molecule has 0 spiro atoms. The molecule has 0 bridgehead atoms. The molecule has 0 saturated heterocycles. The smallest absolute Gasteiger partial charge is 0.0822 e. The van der Waals surface area contributed by atoms with Gasteiger partial charge in [0.05, 0.1) is 26.2 Å². The van der Waals surface area contributed by atoms with Crippen LogP contribution < -0.4 is 35.4 Å². The molecular weight excluding hydrogens is 446 g/mol. The van der Waals surface area contributed by atoms with Gasteiger partial charge in [0.2, 0.25) is 0 Å². The van der Waals surface area contributed by atoms with Crippen molar-refractivity contribution in [2.75, 3.05) is 26.2 Å². The number of hydrogen-bond donors (Lipinski definition) is 2. The zero-order chi connectivity index (χ0) is 18.5. The first kappa shape index (κ1) is 28.5. The molecule has 2 atom stereocenters. The minimum Gasteiger partial charge on any atom is -1.00 e. The van der Waals surface area contributed by atoms with Crippen LogP contribution in [0.15, 0.2) is 36.4 Å². The summed E-state index contributed by atoms with van der Waals surface area (Å²) in [4.78, 5) is 0. The van der Waals surface area contributed by atoms with Crippen molar-refractivity contribution in [3.63, 3.8) is 0 Å². The molecule has 6 heteroatoms. The number of nitrogens with two attached hydrogens (primary N) is 2. The van der Waals surface area contributed by atoms with Crippen LogP contribution in [0.5, 0.6) is 0 Å². The summed E-state index contributed by atoms with van der Waals surface area (Å²) in [6, 6.07) is 12.6. The number of quaternary nitrogens is 2. The summed E-state index contributed by atoms with van der Waals surface area (Å²) in [5, 5.41) is 6.51. The van der Waals surface area contributed by atoms with E-state index in [1.807, 2.05) is 12.1 Å². The highest BCUT2D eigenvalue weighted by molar-refractivity contribution is 6.30. The summed E-state index contributed by atoms with van der Waals surface area (Å²) in [5.41, 5.74) is 5.85. The van der Waals surface area contributed by atoms with E-state index < -0.39 is 0 Å². The lowest BCUT2D eigenvalue weighted by atomic mass is 9.96. The van der Waals surface area contributed by atoms with Crippen molar-refractivity contribution in [2.24, 2.45) is 0 Å². The Balaban J connectivity index is 0.000000490. The maximum Gasteiger partial charge on any atom is 0.0822 e. The van der Waals surface area contributed by atoms with E-state index in [2.05, 4.69) is 48.7 Å². The Morgan fingerprint density at radius 3 is 1.48 bits per heavy atom. The van der Waals surface area contributed by atoms with E-state index in [0.717, 1.165) is 10.0 Å². The molecule has 0 amide bonds. The predicted molar refractivity (Wildman–Crippen MR) is 117 cm³/mol. The highest BCUT2D eigenvalue weighted by Crippen LogP contribution is 2.25. The van der Waals surface area contributed by atoms with Gasteiger partial charge in [-0.3, -0.25) is 0 Å². The van der Waals surface area contributed by atoms with E-state index in [1.165, 1.54) is 61.3 Å². The molecule has 2 aliphatic heterocycles. The molecule has 164 valence electrons. The first-order chi connectivity index (χ1) is 12.5. The van der Waals surface area contributed by atoms with Gasteiger partial charge in [-0.2, -0.15) is 0 Å². The third-order valence-corrected chi connectivity index (χ3v) is 6.02. The summed E-state index contributed by atoms with van der Waals surface area (Å²) in [7, 11) is 0. The van der Waals surface area contributed by atoms with Gasteiger partial charge in [0.15, 0.2) is 0 Å². The fourth-order valence-corrected chi connectivity index (χ4v) is 4.37. The summed E-state index contributed by atoms with van der Waals surface area (Å²) >= 11 is 12.0. The summed E-state index contributed by atoms with van der Waals surface area (Å²) in [6.07, 6.45) is 2.35. The number of hydrogen-bond acceptors (Lipinski definition) is 0. The van der Waals surface area contributed by atoms with E-state index >= 15 is 0 Å². The van der Waals surface area contributed by atoms with Gasteiger partial charge in [0.1, 0.15) is 0 Å². The third kappa shape index (κ3) is 7.94. The van der Waals surface area contributed by atoms with Crippen LogP contribution in [0.25, 0.3) is 0 Å². The second-order valence-corrected chi connectivity index (χ2v) is 8.49. The van der Waals surface area contributed by atoms with Gasteiger partial charge >= 0.3 is 0 Å². The Morgan fingerprint density at radius 1 is 0.724 bits per heavy atom. The van der Waals surface area contributed by atoms with Crippen molar-refractivity contribution in [2.45, 2.75) is 46.0 Å². The standard InChI is InChI=1S/2C11H14ClN.CH4.2ClH/c2*1-8-7-13-5-4-9-2-3-10(12)6-11(8)9;;;/h2*2-3,6,8,13H,4-5,7H2,1H3;1H4;2*1H/t2*8-;;;/m00.../s1. The molecule has 2 aromatic rings. The van der Waals surface area contributed by atoms with Gasteiger partial charge < -0.3 is 35.4 Å². The zero-order valence-corrected chi connectivity index (χ0v) is 19.6. The minimum atomic E-state index is 0. The molecule has 0 fully saturated rings. The fraction of sp³-hybridized carbons (Fsp3) is 0.478. The maximum atomic E-state index is 5.99. The Hall–Kier alpha value is -0.480. The molecule has 0 aliphatic carbocycles. The maximum absolute atomic E-state index is 5.99. The van der Waals surface area contributed by atoms with Crippen molar-refractivity contribution in [1.82, 2.24) is 0 Å². The topological polar surface area (TPSA) is 33.2 Å². The second-order valence-electron chi connectivity index (χ2n) is 7.61. The lowest BCUT2D eigenvalue weighted by molar-refractivity contribution is -0.655. The largest absolute Gasteiger partial charge is 1.00 e. The van der Waals surface area contributed by atoms with E-state index in [-0.39, 0.29) is 32.2 Å². The Bertz CT molecular complexity index is 688. The van der Waals surface area contributed by atoms with E-state index in [9.17, 15) is 0 Å². The Kier molecular flexibility index (Phi) is 13.5. The van der Waals surface area contributed by atoms with Crippen LogP contribution in [0, 0.1) is 0 Å². The Morgan fingerprint density at radius 2 is 1.10 bits per heavy atom. The van der Waals surface area contributed by atoms with Crippen LogP contribution >= 0.6 is 23.2 Å². The lowest BCUT2D eigenvalue weighted by Gasteiger charge is -2.10. The number of halogens is 4. The Labute approximate surface area is 199 Å². The predicted octanol–water partition coefficient (Wildman–Crippen LogP) is -2.23. The van der Waals surface area contributed by atoms with Gasteiger partial charge in [-0.1, -0.05) is 56.6 Å². The van der Waals surface area contributed by atoms with Crippen molar-refractivity contribution < 1.29 is 35.4 Å². The molecule has 0 saturated carbocycles. The van der Waals surface area contributed by atoms with E-state index in [4.69, 9.17) is 23.2 Å². The van der Waals surface area contributed by atoms with Crippen LogP contribution in [0.1, 0.15) is 55.4 Å². The van der Waals surface area contributed by atoms with Crippen molar-refractivity contribution >= 4 is 23.2 Å². The van der Waals surface area contributed by atoms with Crippen LogP contribution in [0.4, 0.5) is 0 Å². The number of fused-ring (bicyclic) bond motifs is 2. The van der Waals surface area contributed by atoms with E-state index in [0.29, 0.717) is 11.8 Å². The molecule has 2 aromatic carbocycles. The zero-order valence-electron chi connectivity index (χ0n) is 16.5. The van der Waals surface area contributed by atoms with Crippen molar-refractivity contribution in [3.8, 4) is 0 Å². The molecule has 2 heterocycles. The number of benzene rings is 2. The van der Waals surface area contributed by atoms with Gasteiger partial charge in [-0.25, -0.2) is 0 Å². The molecule has 0 radical (unpaired) electrons. The first-order valence-electron chi connectivity index (χ1n) is 9.74. The molecule has 2 nitrogen and oxygen atoms in total. The quantitative estimate of drug-likeness (QED) is 0.429. The summed E-state index contributed by atoms with van der Waals surface area (Å²) in [5.74, 6) is 1.27. The first-order valence-corrected chi connectivity index (χ1v) is 10.5. The summed E-state index contributed by atoms with van der Waals surface area (Å²) in [6.45, 7) is 9.34. The molecular formula is C23H34Cl4N2. The summed E-state index contributed by atoms with van der Waals surface area (Å²) < 4.78 is 0. The SMILES string of the molecule is C.C[C@H]1C[NH2+]CCc2ccc(Cl)cc21.C[C@H]1C[NH2+]CCc2ccc(Cl)cc21.[Cl-].[Cl-]. The third-order valence-electron chi connectivity index (χ3n) is 5.55. The molecule has 4 rings (SSSR count).